The fourth-order valence-corrected chi connectivity index (χ4v) is 2.53. The van der Waals surface area contributed by atoms with E-state index in [1.807, 2.05) is 13.1 Å². The predicted molar refractivity (Wildman–Crippen MR) is 64.8 cm³/mol. The lowest BCUT2D eigenvalue weighted by atomic mass is 10.1. The van der Waals surface area contributed by atoms with Crippen LogP contribution in [0.4, 0.5) is 4.39 Å². The Morgan fingerprint density at radius 2 is 2.12 bits per heavy atom. The second-order valence-corrected chi connectivity index (χ2v) is 4.74. The minimum Gasteiger partial charge on any atom is -0.299 e. The van der Waals surface area contributed by atoms with Crippen molar-refractivity contribution >= 4 is 0 Å². The van der Waals surface area contributed by atoms with Crippen LogP contribution in [0.5, 0.6) is 0 Å². The first-order valence-electron chi connectivity index (χ1n) is 6.10. The molecular weight excluding hydrogens is 215 g/mol. The Kier molecular flexibility index (Phi) is 3.75. The van der Waals surface area contributed by atoms with Crippen molar-refractivity contribution in [3.8, 4) is 6.07 Å². The third-order valence-corrected chi connectivity index (χ3v) is 3.57. The molecule has 0 unspecified atom stereocenters. The molecule has 2 nitrogen and oxygen atoms in total. The van der Waals surface area contributed by atoms with Crippen LogP contribution in [-0.4, -0.2) is 18.0 Å². The van der Waals surface area contributed by atoms with Gasteiger partial charge in [-0.1, -0.05) is 25.0 Å². The van der Waals surface area contributed by atoms with E-state index < -0.39 is 0 Å². The van der Waals surface area contributed by atoms with Crippen molar-refractivity contribution in [2.45, 2.75) is 38.3 Å². The number of halogens is 1. The first-order chi connectivity index (χ1) is 8.22. The van der Waals surface area contributed by atoms with E-state index in [0.29, 0.717) is 18.2 Å². The van der Waals surface area contributed by atoms with Crippen LogP contribution in [0.3, 0.4) is 0 Å². The molecule has 1 fully saturated rings. The average molecular weight is 232 g/mol. The summed E-state index contributed by atoms with van der Waals surface area (Å²) in [6.45, 7) is 0.589. The number of hydrogen-bond donors (Lipinski definition) is 0. The Morgan fingerprint density at radius 3 is 2.76 bits per heavy atom. The summed E-state index contributed by atoms with van der Waals surface area (Å²) in [7, 11) is 2.04. The van der Waals surface area contributed by atoms with E-state index in [9.17, 15) is 4.39 Å². The highest BCUT2D eigenvalue weighted by Crippen LogP contribution is 2.24. The topological polar surface area (TPSA) is 27.0 Å². The van der Waals surface area contributed by atoms with Gasteiger partial charge >= 0.3 is 0 Å². The van der Waals surface area contributed by atoms with Gasteiger partial charge in [0.25, 0.3) is 0 Å². The quantitative estimate of drug-likeness (QED) is 0.800. The summed E-state index contributed by atoms with van der Waals surface area (Å²) in [5.41, 5.74) is 0.765. The van der Waals surface area contributed by atoms with Gasteiger partial charge in [0, 0.05) is 18.2 Å². The molecule has 0 bridgehead atoms. The fourth-order valence-electron chi connectivity index (χ4n) is 2.53. The zero-order valence-corrected chi connectivity index (χ0v) is 10.1. The van der Waals surface area contributed by atoms with Crippen LogP contribution >= 0.6 is 0 Å². The molecule has 1 aliphatic rings. The molecule has 1 saturated carbocycles. The molecule has 0 heterocycles. The summed E-state index contributed by atoms with van der Waals surface area (Å²) in [5, 5.41) is 8.78. The molecule has 0 atom stereocenters. The average Bonchev–Trinajstić information content (AvgIpc) is 2.85. The molecule has 0 aromatic heterocycles. The molecular formula is C14H17FN2. The maximum absolute atomic E-state index is 13.9. The number of nitriles is 1. The van der Waals surface area contributed by atoms with Gasteiger partial charge in [-0.3, -0.25) is 4.90 Å². The zero-order valence-electron chi connectivity index (χ0n) is 10.1. The molecule has 2 rings (SSSR count). The van der Waals surface area contributed by atoms with E-state index in [-0.39, 0.29) is 11.4 Å². The second-order valence-electron chi connectivity index (χ2n) is 4.74. The van der Waals surface area contributed by atoms with E-state index in [1.54, 1.807) is 12.1 Å². The van der Waals surface area contributed by atoms with Crippen LogP contribution in [0.25, 0.3) is 0 Å². The minimum atomic E-state index is -0.361. The maximum Gasteiger partial charge on any atom is 0.145 e. The zero-order chi connectivity index (χ0) is 12.3. The van der Waals surface area contributed by atoms with Crippen LogP contribution in [0.15, 0.2) is 18.2 Å². The van der Waals surface area contributed by atoms with Crippen molar-refractivity contribution in [3.63, 3.8) is 0 Å². The summed E-state index contributed by atoms with van der Waals surface area (Å²) in [6.07, 6.45) is 4.96. The van der Waals surface area contributed by atoms with Crippen LogP contribution < -0.4 is 0 Å². The van der Waals surface area contributed by atoms with Gasteiger partial charge in [-0.25, -0.2) is 4.39 Å². The van der Waals surface area contributed by atoms with Crippen LogP contribution in [0, 0.1) is 17.1 Å². The SMILES string of the molecule is CN(Cc1cccc(C#N)c1F)C1CCCC1. The standard InChI is InChI=1S/C14H17FN2/c1-17(13-7-2-3-8-13)10-12-6-4-5-11(9-16)14(12)15/h4-6,13H,2-3,7-8,10H2,1H3. The molecule has 0 saturated heterocycles. The van der Waals surface area contributed by atoms with Gasteiger partial charge in [-0.2, -0.15) is 5.26 Å². The molecule has 1 aliphatic carbocycles. The summed E-state index contributed by atoms with van der Waals surface area (Å²) >= 11 is 0. The van der Waals surface area contributed by atoms with E-state index in [2.05, 4.69) is 4.90 Å². The van der Waals surface area contributed by atoms with E-state index in [1.165, 1.54) is 31.7 Å². The Labute approximate surface area is 102 Å². The summed E-state index contributed by atoms with van der Waals surface area (Å²) in [5.74, 6) is -0.361. The normalized spacial score (nSPS) is 16.4. The first-order valence-corrected chi connectivity index (χ1v) is 6.10. The van der Waals surface area contributed by atoms with E-state index in [0.717, 1.165) is 0 Å². The molecule has 0 spiro atoms. The Bertz CT molecular complexity index is 430. The monoisotopic (exact) mass is 232 g/mol. The molecule has 0 N–H and O–H groups in total. The van der Waals surface area contributed by atoms with Crippen molar-refractivity contribution in [2.75, 3.05) is 7.05 Å². The second kappa shape index (κ2) is 5.29. The molecule has 0 amide bonds. The minimum absolute atomic E-state index is 0.141. The number of nitrogens with zero attached hydrogens (tertiary/aromatic N) is 2. The summed E-state index contributed by atoms with van der Waals surface area (Å²) in [4.78, 5) is 2.20. The maximum atomic E-state index is 13.9. The summed E-state index contributed by atoms with van der Waals surface area (Å²) in [6, 6.07) is 7.49. The van der Waals surface area contributed by atoms with Crippen molar-refractivity contribution in [3.05, 3.63) is 35.1 Å². The van der Waals surface area contributed by atoms with Crippen molar-refractivity contribution in [1.29, 1.82) is 5.26 Å². The number of rotatable bonds is 3. The van der Waals surface area contributed by atoms with Crippen LogP contribution in [0.2, 0.25) is 0 Å². The smallest absolute Gasteiger partial charge is 0.145 e. The van der Waals surface area contributed by atoms with Crippen molar-refractivity contribution in [2.24, 2.45) is 0 Å². The Balaban J connectivity index is 2.10. The lowest BCUT2D eigenvalue weighted by Crippen LogP contribution is -2.28. The first kappa shape index (κ1) is 12.1. The third kappa shape index (κ3) is 2.65. The van der Waals surface area contributed by atoms with Gasteiger partial charge in [0.2, 0.25) is 0 Å². The molecule has 1 aromatic rings. The molecule has 3 heteroatoms. The lowest BCUT2D eigenvalue weighted by molar-refractivity contribution is 0.234. The fraction of sp³-hybridized carbons (Fsp3) is 0.500. The Hall–Kier alpha value is -1.40. The van der Waals surface area contributed by atoms with Gasteiger partial charge in [0.1, 0.15) is 11.9 Å². The molecule has 90 valence electrons. The van der Waals surface area contributed by atoms with Crippen molar-refractivity contribution in [1.82, 2.24) is 4.90 Å². The highest BCUT2D eigenvalue weighted by Gasteiger charge is 2.20. The molecule has 17 heavy (non-hydrogen) atoms. The van der Waals surface area contributed by atoms with Gasteiger partial charge in [0.15, 0.2) is 0 Å². The number of benzene rings is 1. The number of hydrogen-bond acceptors (Lipinski definition) is 2. The molecule has 0 radical (unpaired) electrons. The van der Waals surface area contributed by atoms with Gasteiger partial charge in [-0.15, -0.1) is 0 Å². The largest absolute Gasteiger partial charge is 0.299 e. The molecule has 1 aromatic carbocycles. The lowest BCUT2D eigenvalue weighted by Gasteiger charge is -2.24. The Morgan fingerprint density at radius 1 is 1.41 bits per heavy atom. The highest BCUT2D eigenvalue weighted by molar-refractivity contribution is 5.34. The van der Waals surface area contributed by atoms with Gasteiger partial charge in [0.05, 0.1) is 5.56 Å². The highest BCUT2D eigenvalue weighted by atomic mass is 19.1. The van der Waals surface area contributed by atoms with E-state index in [4.69, 9.17) is 5.26 Å². The van der Waals surface area contributed by atoms with E-state index >= 15 is 0 Å². The van der Waals surface area contributed by atoms with Crippen LogP contribution in [0.1, 0.15) is 36.8 Å². The van der Waals surface area contributed by atoms with Gasteiger partial charge in [-0.05, 0) is 26.0 Å². The third-order valence-electron chi connectivity index (χ3n) is 3.57. The van der Waals surface area contributed by atoms with Crippen molar-refractivity contribution < 1.29 is 4.39 Å². The van der Waals surface area contributed by atoms with Gasteiger partial charge < -0.3 is 0 Å². The predicted octanol–water partition coefficient (Wildman–Crippen LogP) is 3.07. The summed E-state index contributed by atoms with van der Waals surface area (Å²) < 4.78 is 13.9. The van der Waals surface area contributed by atoms with Crippen LogP contribution in [-0.2, 0) is 6.54 Å². The molecule has 0 aliphatic heterocycles.